The number of halogens is 3. The summed E-state index contributed by atoms with van der Waals surface area (Å²) in [6.45, 7) is -0.212. The molecule has 0 spiro atoms. The predicted molar refractivity (Wildman–Crippen MR) is 116 cm³/mol. The van der Waals surface area contributed by atoms with Gasteiger partial charge in [-0.05, 0) is 36.4 Å². The van der Waals surface area contributed by atoms with E-state index in [4.69, 9.17) is 32.7 Å². The highest BCUT2D eigenvalue weighted by Gasteiger charge is 2.16. The highest BCUT2D eigenvalue weighted by Crippen LogP contribution is 2.25. The van der Waals surface area contributed by atoms with E-state index in [-0.39, 0.29) is 24.6 Å². The van der Waals surface area contributed by atoms with Crippen LogP contribution in [0.15, 0.2) is 71.2 Å². The molecule has 148 valence electrons. The van der Waals surface area contributed by atoms with Crippen molar-refractivity contribution < 1.29 is 19.1 Å². The van der Waals surface area contributed by atoms with Gasteiger partial charge in [-0.25, -0.2) is 4.79 Å². The third-order valence-corrected chi connectivity index (χ3v) is 5.12. The van der Waals surface area contributed by atoms with Gasteiger partial charge in [0, 0.05) is 25.6 Å². The fourth-order valence-electron chi connectivity index (χ4n) is 2.48. The van der Waals surface area contributed by atoms with Crippen molar-refractivity contribution in [2.24, 2.45) is 0 Å². The van der Waals surface area contributed by atoms with Crippen molar-refractivity contribution in [1.29, 1.82) is 0 Å². The second kappa shape index (κ2) is 9.92. The number of hydrogen-bond donors (Lipinski definition) is 0. The van der Waals surface area contributed by atoms with Crippen LogP contribution >= 0.6 is 39.1 Å². The van der Waals surface area contributed by atoms with Crippen LogP contribution in [0.5, 0.6) is 5.75 Å². The van der Waals surface area contributed by atoms with E-state index in [0.29, 0.717) is 21.4 Å². The first kappa shape index (κ1) is 21.4. The molecule has 3 aromatic carbocycles. The molecule has 0 aliphatic carbocycles. The quantitative estimate of drug-likeness (QED) is 0.283. The minimum Gasteiger partial charge on any atom is -0.488 e. The first-order valence-corrected chi connectivity index (χ1v) is 10.1. The maximum atomic E-state index is 12.5. The molecule has 0 aliphatic rings. The molecule has 4 nitrogen and oxygen atoms in total. The number of ether oxygens (including phenoxy) is 2. The standard InChI is InChI=1S/C22H15BrCl2O4/c23-16-8-5-14(6-9-16)20(26)13-29-22(27)18-3-1-2-4-21(18)28-12-15-7-10-17(24)11-19(15)25/h1-11H,12-13H2. The number of hydrogen-bond acceptors (Lipinski definition) is 4. The highest BCUT2D eigenvalue weighted by molar-refractivity contribution is 9.10. The minimum atomic E-state index is -0.645. The van der Waals surface area contributed by atoms with Gasteiger partial charge in [0.2, 0.25) is 0 Å². The molecule has 0 N–H and O–H groups in total. The summed E-state index contributed by atoms with van der Waals surface area (Å²) in [5.41, 5.74) is 1.41. The number of carbonyl (C=O) groups is 2. The number of carbonyl (C=O) groups excluding carboxylic acids is 2. The molecule has 0 radical (unpaired) electrons. The summed E-state index contributed by atoms with van der Waals surface area (Å²) in [5.74, 6) is -0.606. The van der Waals surface area contributed by atoms with Gasteiger partial charge in [-0.15, -0.1) is 0 Å². The lowest BCUT2D eigenvalue weighted by molar-refractivity contribution is 0.0470. The average molecular weight is 494 g/mol. The average Bonchev–Trinajstić information content (AvgIpc) is 2.72. The van der Waals surface area contributed by atoms with Gasteiger partial charge in [-0.3, -0.25) is 4.79 Å². The highest BCUT2D eigenvalue weighted by atomic mass is 79.9. The lowest BCUT2D eigenvalue weighted by Gasteiger charge is -2.12. The van der Waals surface area contributed by atoms with Crippen molar-refractivity contribution in [3.05, 3.63) is 97.9 Å². The summed E-state index contributed by atoms with van der Waals surface area (Å²) in [6.07, 6.45) is 0. The number of para-hydroxylation sites is 1. The summed E-state index contributed by atoms with van der Waals surface area (Å²) in [5, 5.41) is 0.996. The molecule has 7 heteroatoms. The van der Waals surface area contributed by atoms with Gasteiger partial charge in [0.05, 0.1) is 0 Å². The van der Waals surface area contributed by atoms with Crippen LogP contribution in [0, 0.1) is 0 Å². The minimum absolute atomic E-state index is 0.151. The Labute approximate surface area is 186 Å². The van der Waals surface area contributed by atoms with E-state index < -0.39 is 5.97 Å². The Morgan fingerprint density at radius 1 is 0.931 bits per heavy atom. The normalized spacial score (nSPS) is 10.4. The van der Waals surface area contributed by atoms with E-state index in [2.05, 4.69) is 15.9 Å². The van der Waals surface area contributed by atoms with Gasteiger partial charge in [-0.1, -0.05) is 69.5 Å². The Morgan fingerprint density at radius 3 is 2.38 bits per heavy atom. The Bertz CT molecular complexity index is 1040. The summed E-state index contributed by atoms with van der Waals surface area (Å²) in [6, 6.07) is 18.6. The third-order valence-electron chi connectivity index (χ3n) is 4.01. The van der Waals surface area contributed by atoms with Crippen LogP contribution in [0.1, 0.15) is 26.3 Å². The zero-order valence-electron chi connectivity index (χ0n) is 15.0. The first-order chi connectivity index (χ1) is 13.9. The molecular weight excluding hydrogens is 479 g/mol. The van der Waals surface area contributed by atoms with E-state index in [9.17, 15) is 9.59 Å². The zero-order valence-corrected chi connectivity index (χ0v) is 18.1. The zero-order chi connectivity index (χ0) is 20.8. The Kier molecular flexibility index (Phi) is 7.31. The fraction of sp³-hybridized carbons (Fsp3) is 0.0909. The van der Waals surface area contributed by atoms with Crippen molar-refractivity contribution in [3.8, 4) is 5.75 Å². The fourth-order valence-corrected chi connectivity index (χ4v) is 3.21. The number of rotatable bonds is 7. The first-order valence-electron chi connectivity index (χ1n) is 8.55. The van der Waals surface area contributed by atoms with Gasteiger partial charge in [0.1, 0.15) is 17.9 Å². The largest absolute Gasteiger partial charge is 0.488 e. The van der Waals surface area contributed by atoms with Gasteiger partial charge < -0.3 is 9.47 Å². The molecule has 3 aromatic rings. The number of ketones is 1. The molecule has 0 fully saturated rings. The molecule has 0 saturated carbocycles. The molecule has 0 saturated heterocycles. The molecule has 0 bridgehead atoms. The third kappa shape index (κ3) is 5.82. The summed E-state index contributed by atoms with van der Waals surface area (Å²) >= 11 is 15.4. The van der Waals surface area contributed by atoms with Crippen LogP contribution in [0.25, 0.3) is 0 Å². The van der Waals surface area contributed by atoms with E-state index in [0.717, 1.165) is 10.0 Å². The van der Waals surface area contributed by atoms with Crippen LogP contribution < -0.4 is 4.74 Å². The smallest absolute Gasteiger partial charge is 0.342 e. The van der Waals surface area contributed by atoms with Crippen LogP contribution in [0.3, 0.4) is 0 Å². The second-order valence-electron chi connectivity index (χ2n) is 6.03. The summed E-state index contributed by atoms with van der Waals surface area (Å²) in [4.78, 5) is 24.7. The monoisotopic (exact) mass is 492 g/mol. The molecule has 0 unspecified atom stereocenters. The van der Waals surface area contributed by atoms with Crippen molar-refractivity contribution in [3.63, 3.8) is 0 Å². The Hall–Kier alpha value is -2.34. The van der Waals surface area contributed by atoms with Gasteiger partial charge in [0.15, 0.2) is 12.4 Å². The number of benzene rings is 3. The molecular formula is C22H15BrCl2O4. The topological polar surface area (TPSA) is 52.6 Å². The van der Waals surface area contributed by atoms with Crippen molar-refractivity contribution in [2.45, 2.75) is 6.61 Å². The Balaban J connectivity index is 1.65. The lowest BCUT2D eigenvalue weighted by Crippen LogP contribution is -2.15. The SMILES string of the molecule is O=C(COC(=O)c1ccccc1OCc1ccc(Cl)cc1Cl)c1ccc(Br)cc1. The number of esters is 1. The molecule has 3 rings (SSSR count). The predicted octanol–water partition coefficient (Wildman–Crippen LogP) is 6.37. The molecule has 0 heterocycles. The molecule has 0 aromatic heterocycles. The maximum absolute atomic E-state index is 12.5. The van der Waals surface area contributed by atoms with E-state index in [1.165, 1.54) is 0 Å². The van der Waals surface area contributed by atoms with Gasteiger partial charge >= 0.3 is 5.97 Å². The van der Waals surface area contributed by atoms with E-state index >= 15 is 0 Å². The van der Waals surface area contributed by atoms with E-state index in [1.54, 1.807) is 66.7 Å². The van der Waals surface area contributed by atoms with Crippen LogP contribution in [-0.2, 0) is 11.3 Å². The molecule has 0 amide bonds. The molecule has 0 aliphatic heterocycles. The van der Waals surface area contributed by atoms with Crippen LogP contribution in [-0.4, -0.2) is 18.4 Å². The summed E-state index contributed by atoms with van der Waals surface area (Å²) < 4.78 is 11.8. The number of Topliss-reactive ketones (excluding diaryl/α,β-unsaturated/α-hetero) is 1. The van der Waals surface area contributed by atoms with Crippen molar-refractivity contribution >= 4 is 50.9 Å². The van der Waals surface area contributed by atoms with Crippen molar-refractivity contribution in [2.75, 3.05) is 6.61 Å². The van der Waals surface area contributed by atoms with Crippen LogP contribution in [0.2, 0.25) is 10.0 Å². The van der Waals surface area contributed by atoms with Gasteiger partial charge in [-0.2, -0.15) is 0 Å². The van der Waals surface area contributed by atoms with E-state index in [1.807, 2.05) is 0 Å². The summed E-state index contributed by atoms with van der Waals surface area (Å²) in [7, 11) is 0. The molecule has 0 atom stereocenters. The molecule has 29 heavy (non-hydrogen) atoms. The second-order valence-corrected chi connectivity index (χ2v) is 7.79. The maximum Gasteiger partial charge on any atom is 0.342 e. The van der Waals surface area contributed by atoms with Gasteiger partial charge in [0.25, 0.3) is 0 Å². The Morgan fingerprint density at radius 2 is 1.66 bits per heavy atom. The van der Waals surface area contributed by atoms with Crippen molar-refractivity contribution in [1.82, 2.24) is 0 Å². The lowest BCUT2D eigenvalue weighted by atomic mass is 10.1. The van der Waals surface area contributed by atoms with Crippen LogP contribution in [0.4, 0.5) is 0 Å².